The Morgan fingerprint density at radius 3 is 2.64 bits per heavy atom. The summed E-state index contributed by atoms with van der Waals surface area (Å²) in [4.78, 5) is 48.7. The topological polar surface area (TPSA) is 139 Å². The van der Waals surface area contributed by atoms with E-state index in [4.69, 9.17) is 10.5 Å². The van der Waals surface area contributed by atoms with E-state index in [0.29, 0.717) is 11.1 Å². The lowest BCUT2D eigenvalue weighted by Crippen LogP contribution is -2.71. The Balaban J connectivity index is 1.72. The number of rotatable bonds is 6. The molecule has 0 saturated carbocycles. The molecule has 1 aromatic rings. The third kappa shape index (κ3) is 3.73. The summed E-state index contributed by atoms with van der Waals surface area (Å²) in [6.45, 7) is 1.02. The van der Waals surface area contributed by atoms with Crippen molar-refractivity contribution in [2.75, 3.05) is 12.4 Å². The van der Waals surface area contributed by atoms with Gasteiger partial charge in [0, 0.05) is 18.2 Å². The van der Waals surface area contributed by atoms with Gasteiger partial charge in [0.05, 0.1) is 0 Å². The number of ether oxygens (including phenoxy) is 1. The molecule has 10 heteroatoms. The molecule has 1 fully saturated rings. The number of thioether (sulfide) groups is 1. The van der Waals surface area contributed by atoms with Crippen molar-refractivity contribution >= 4 is 35.5 Å². The van der Waals surface area contributed by atoms with Crippen LogP contribution in [0.2, 0.25) is 0 Å². The fourth-order valence-corrected chi connectivity index (χ4v) is 4.37. The van der Waals surface area contributed by atoms with Crippen molar-refractivity contribution in [2.24, 2.45) is 5.73 Å². The number of fused-ring (bicyclic) bond motifs is 1. The molecule has 0 aliphatic carbocycles. The smallest absolute Gasteiger partial charge is 0.352 e. The molecule has 9 nitrogen and oxygen atoms in total. The first-order chi connectivity index (χ1) is 13.3. The molecule has 2 aliphatic rings. The second-order valence-electron chi connectivity index (χ2n) is 6.32. The number of amides is 2. The molecule has 3 rings (SSSR count). The van der Waals surface area contributed by atoms with E-state index in [1.807, 2.05) is 0 Å². The van der Waals surface area contributed by atoms with Gasteiger partial charge in [-0.3, -0.25) is 19.3 Å². The molecule has 1 aromatic carbocycles. The van der Waals surface area contributed by atoms with Gasteiger partial charge in [-0.25, -0.2) is 4.79 Å². The first-order valence-electron chi connectivity index (χ1n) is 8.45. The van der Waals surface area contributed by atoms with Crippen LogP contribution in [0.4, 0.5) is 0 Å². The minimum absolute atomic E-state index is 0.198. The number of carbonyl (C=O) groups excluding carboxylic acids is 3. The van der Waals surface area contributed by atoms with E-state index >= 15 is 0 Å². The van der Waals surface area contributed by atoms with Crippen molar-refractivity contribution in [1.29, 1.82) is 0 Å². The van der Waals surface area contributed by atoms with Crippen LogP contribution in [0.25, 0.3) is 0 Å². The Morgan fingerprint density at radius 2 is 2.04 bits per heavy atom. The number of carbonyl (C=O) groups is 4. The molecule has 148 valence electrons. The van der Waals surface area contributed by atoms with Crippen LogP contribution in [-0.4, -0.2) is 57.5 Å². The monoisotopic (exact) mass is 405 g/mol. The van der Waals surface area contributed by atoms with E-state index in [0.717, 1.165) is 4.90 Å². The summed E-state index contributed by atoms with van der Waals surface area (Å²) in [6.07, 6.45) is 0. The van der Waals surface area contributed by atoms with Gasteiger partial charge in [-0.05, 0) is 5.56 Å². The van der Waals surface area contributed by atoms with Crippen LogP contribution in [0.3, 0.4) is 0 Å². The van der Waals surface area contributed by atoms with E-state index < -0.39 is 41.2 Å². The Morgan fingerprint density at radius 1 is 1.36 bits per heavy atom. The first-order valence-corrected chi connectivity index (χ1v) is 9.50. The minimum Gasteiger partial charge on any atom is -0.477 e. The van der Waals surface area contributed by atoms with Crippen LogP contribution < -0.4 is 11.1 Å². The summed E-state index contributed by atoms with van der Waals surface area (Å²) in [5.41, 5.74) is 6.69. The molecule has 2 aliphatic heterocycles. The SMILES string of the molecule is CC(=O)OCC1=C(C(=O)O)N2C(=O)C(NC(=O)C(N)c3ccccc3)[C@@H]2SC1. The van der Waals surface area contributed by atoms with E-state index in [1.54, 1.807) is 30.3 Å². The maximum Gasteiger partial charge on any atom is 0.352 e. The molecule has 4 N–H and O–H groups in total. The first kappa shape index (κ1) is 19.9. The van der Waals surface area contributed by atoms with E-state index in [1.165, 1.54) is 18.7 Å². The summed E-state index contributed by atoms with van der Waals surface area (Å²) in [5.74, 6) is -2.62. The van der Waals surface area contributed by atoms with Gasteiger partial charge in [-0.1, -0.05) is 30.3 Å². The highest BCUT2D eigenvalue weighted by Crippen LogP contribution is 2.40. The highest BCUT2D eigenvalue weighted by Gasteiger charge is 2.54. The standard InChI is InChI=1S/C18H19N3O6S/c1-9(22)27-7-11-8-28-17-13(16(24)21(17)14(11)18(25)26)20-15(23)12(19)10-5-3-2-4-6-10/h2-6,12-13,17H,7-8,19H2,1H3,(H,20,23)(H,25,26)/t12?,13?,17-/m0/s1. The number of esters is 1. The van der Waals surface area contributed by atoms with Crippen LogP contribution in [-0.2, 0) is 23.9 Å². The largest absolute Gasteiger partial charge is 0.477 e. The molecule has 2 heterocycles. The predicted molar refractivity (Wildman–Crippen MR) is 99.7 cm³/mol. The molecule has 3 atom stereocenters. The maximum atomic E-state index is 12.5. The summed E-state index contributed by atoms with van der Waals surface area (Å²) in [7, 11) is 0. The van der Waals surface area contributed by atoms with Crippen LogP contribution in [0.15, 0.2) is 41.6 Å². The number of benzene rings is 1. The molecule has 0 bridgehead atoms. The van der Waals surface area contributed by atoms with Crippen molar-refractivity contribution in [3.63, 3.8) is 0 Å². The maximum absolute atomic E-state index is 12.5. The number of carboxylic acids is 1. The lowest BCUT2D eigenvalue weighted by atomic mass is 10.0. The Kier molecular flexibility index (Phi) is 5.71. The summed E-state index contributed by atoms with van der Waals surface area (Å²) >= 11 is 1.29. The minimum atomic E-state index is -1.29. The van der Waals surface area contributed by atoms with Crippen molar-refractivity contribution in [3.8, 4) is 0 Å². The molecule has 2 amide bonds. The van der Waals surface area contributed by atoms with E-state index in [2.05, 4.69) is 5.32 Å². The number of carboxylic acid groups (broad SMARTS) is 1. The second kappa shape index (κ2) is 8.03. The average molecular weight is 405 g/mol. The summed E-state index contributed by atoms with van der Waals surface area (Å²) in [5, 5.41) is 11.6. The Bertz CT molecular complexity index is 856. The number of nitrogens with one attached hydrogen (secondary N) is 1. The van der Waals surface area contributed by atoms with Gasteiger partial charge < -0.3 is 20.9 Å². The normalized spacial score (nSPS) is 22.1. The zero-order chi connectivity index (χ0) is 20.4. The number of hydrogen-bond acceptors (Lipinski definition) is 7. The average Bonchev–Trinajstić information content (AvgIpc) is 2.69. The van der Waals surface area contributed by atoms with Crippen molar-refractivity contribution in [1.82, 2.24) is 10.2 Å². The van der Waals surface area contributed by atoms with Gasteiger partial charge in [-0.2, -0.15) is 0 Å². The molecule has 0 aromatic heterocycles. The molecule has 0 radical (unpaired) electrons. The fourth-order valence-electron chi connectivity index (χ4n) is 3.04. The van der Waals surface area contributed by atoms with Crippen molar-refractivity contribution in [2.45, 2.75) is 24.4 Å². The lowest BCUT2D eigenvalue weighted by molar-refractivity contribution is -0.151. The van der Waals surface area contributed by atoms with Crippen molar-refractivity contribution < 1.29 is 29.0 Å². The number of hydrogen-bond donors (Lipinski definition) is 3. The number of nitrogens with two attached hydrogens (primary N) is 1. The molecule has 28 heavy (non-hydrogen) atoms. The third-order valence-corrected chi connectivity index (χ3v) is 5.78. The van der Waals surface area contributed by atoms with Gasteiger partial charge in [0.25, 0.3) is 5.91 Å². The number of β-lactam (4-membered cyclic amide) rings is 1. The Hall–Kier alpha value is -2.85. The molecular weight excluding hydrogens is 386 g/mol. The van der Waals surface area contributed by atoms with Crippen molar-refractivity contribution in [3.05, 3.63) is 47.2 Å². The van der Waals surface area contributed by atoms with E-state index in [-0.39, 0.29) is 18.1 Å². The molecule has 1 saturated heterocycles. The zero-order valence-electron chi connectivity index (χ0n) is 15.0. The van der Waals surface area contributed by atoms with Gasteiger partial charge in [0.2, 0.25) is 5.91 Å². The van der Waals surface area contributed by atoms with Crippen LogP contribution >= 0.6 is 11.8 Å². The quantitative estimate of drug-likeness (QED) is 0.444. The van der Waals surface area contributed by atoms with Gasteiger partial charge in [-0.15, -0.1) is 11.8 Å². The third-order valence-electron chi connectivity index (χ3n) is 4.44. The highest BCUT2D eigenvalue weighted by atomic mass is 32.2. The number of nitrogens with zero attached hydrogens (tertiary/aromatic N) is 1. The predicted octanol–water partition coefficient (Wildman–Crippen LogP) is -0.0119. The fraction of sp³-hybridized carbons (Fsp3) is 0.333. The molecule has 2 unspecified atom stereocenters. The van der Waals surface area contributed by atoms with Gasteiger partial charge in [0.15, 0.2) is 0 Å². The summed E-state index contributed by atoms with van der Waals surface area (Å²) in [6, 6.07) is 6.92. The molecule has 0 spiro atoms. The summed E-state index contributed by atoms with van der Waals surface area (Å²) < 4.78 is 4.88. The second-order valence-corrected chi connectivity index (χ2v) is 7.43. The molecular formula is C18H19N3O6S. The lowest BCUT2D eigenvalue weighted by Gasteiger charge is -2.49. The van der Waals surface area contributed by atoms with Crippen LogP contribution in [0.5, 0.6) is 0 Å². The highest BCUT2D eigenvalue weighted by molar-refractivity contribution is 8.00. The van der Waals surface area contributed by atoms with Gasteiger partial charge >= 0.3 is 11.9 Å². The van der Waals surface area contributed by atoms with E-state index in [9.17, 15) is 24.3 Å². The van der Waals surface area contributed by atoms with Crippen LogP contribution in [0.1, 0.15) is 18.5 Å². The van der Waals surface area contributed by atoms with Crippen LogP contribution in [0, 0.1) is 0 Å². The Labute approximate surface area is 164 Å². The zero-order valence-corrected chi connectivity index (χ0v) is 15.8. The number of aliphatic carboxylic acids is 1. The van der Waals surface area contributed by atoms with Gasteiger partial charge in [0.1, 0.15) is 29.8 Å².